The van der Waals surface area contributed by atoms with Crippen molar-refractivity contribution in [3.63, 3.8) is 0 Å². The molecule has 2 atom stereocenters. The molecular weight excluding hydrogens is 298 g/mol. The lowest BCUT2D eigenvalue weighted by atomic mass is 9.91. The largest absolute Gasteiger partial charge is 0.493 e. The fourth-order valence-corrected chi connectivity index (χ4v) is 5.02. The summed E-state index contributed by atoms with van der Waals surface area (Å²) < 4.78 is 16.7. The standard InChI is InChI=1S/C17H25NO3S/c1-18-7-5-6-12(18)8-11-10-22-14-9-13(19-2)16(20-3)17(21-4)15(11)14/h9,11-12H,5-8,10H2,1-4H3/t11?,12-/m1/s1. The summed E-state index contributed by atoms with van der Waals surface area (Å²) in [6.07, 6.45) is 3.82. The smallest absolute Gasteiger partial charge is 0.203 e. The van der Waals surface area contributed by atoms with Crippen molar-refractivity contribution in [1.82, 2.24) is 4.90 Å². The number of fused-ring (bicyclic) bond motifs is 1. The van der Waals surface area contributed by atoms with E-state index in [1.165, 1.54) is 36.3 Å². The van der Waals surface area contributed by atoms with E-state index >= 15 is 0 Å². The first-order chi connectivity index (χ1) is 10.7. The fraction of sp³-hybridized carbons (Fsp3) is 0.647. The molecule has 0 radical (unpaired) electrons. The van der Waals surface area contributed by atoms with Gasteiger partial charge >= 0.3 is 0 Å². The van der Waals surface area contributed by atoms with Crippen LogP contribution in [-0.2, 0) is 0 Å². The number of thioether (sulfide) groups is 1. The van der Waals surface area contributed by atoms with E-state index in [0.29, 0.717) is 12.0 Å². The van der Waals surface area contributed by atoms with Crippen LogP contribution in [0.2, 0.25) is 0 Å². The van der Waals surface area contributed by atoms with Crippen LogP contribution >= 0.6 is 11.8 Å². The normalized spacial score (nSPS) is 24.4. The maximum absolute atomic E-state index is 5.71. The third-order valence-electron chi connectivity index (χ3n) is 4.91. The average molecular weight is 323 g/mol. The van der Waals surface area contributed by atoms with Crippen molar-refractivity contribution in [2.75, 3.05) is 40.7 Å². The van der Waals surface area contributed by atoms with Gasteiger partial charge in [0.2, 0.25) is 5.75 Å². The maximum Gasteiger partial charge on any atom is 0.203 e. The van der Waals surface area contributed by atoms with E-state index in [-0.39, 0.29) is 0 Å². The summed E-state index contributed by atoms with van der Waals surface area (Å²) in [6.45, 7) is 1.22. The van der Waals surface area contributed by atoms with Gasteiger partial charge in [-0.3, -0.25) is 0 Å². The minimum Gasteiger partial charge on any atom is -0.493 e. The van der Waals surface area contributed by atoms with Gasteiger partial charge in [0.05, 0.1) is 21.3 Å². The lowest BCUT2D eigenvalue weighted by Gasteiger charge is -2.24. The van der Waals surface area contributed by atoms with Crippen LogP contribution in [-0.4, -0.2) is 51.6 Å². The van der Waals surface area contributed by atoms with E-state index in [4.69, 9.17) is 14.2 Å². The first-order valence-corrected chi connectivity index (χ1v) is 8.84. The van der Waals surface area contributed by atoms with Gasteiger partial charge in [0, 0.05) is 22.3 Å². The lowest BCUT2D eigenvalue weighted by Crippen LogP contribution is -2.26. The summed E-state index contributed by atoms with van der Waals surface area (Å²) in [5, 5.41) is 0. The lowest BCUT2D eigenvalue weighted by molar-refractivity contribution is 0.282. The molecule has 5 heteroatoms. The van der Waals surface area contributed by atoms with Gasteiger partial charge in [-0.1, -0.05) is 0 Å². The summed E-state index contributed by atoms with van der Waals surface area (Å²) in [5.41, 5.74) is 1.31. The Kier molecular flexibility index (Phi) is 4.73. The van der Waals surface area contributed by atoms with Gasteiger partial charge in [0.15, 0.2) is 11.5 Å². The topological polar surface area (TPSA) is 30.9 Å². The van der Waals surface area contributed by atoms with Crippen LogP contribution in [0.3, 0.4) is 0 Å². The minimum absolute atomic E-state index is 0.528. The predicted octanol–water partition coefficient (Wildman–Crippen LogP) is 3.39. The molecule has 0 amide bonds. The third-order valence-corrected chi connectivity index (χ3v) is 6.12. The Bertz CT molecular complexity index is 549. The number of benzene rings is 1. The molecule has 0 bridgehead atoms. The van der Waals surface area contributed by atoms with E-state index in [9.17, 15) is 0 Å². The Morgan fingerprint density at radius 1 is 1.18 bits per heavy atom. The Labute approximate surface area is 137 Å². The molecule has 0 aliphatic carbocycles. The SMILES string of the molecule is COc1cc2c(c(OC)c1OC)C(C[C@H]1CCCN1C)CS2. The molecule has 22 heavy (non-hydrogen) atoms. The van der Waals surface area contributed by atoms with E-state index in [0.717, 1.165) is 23.0 Å². The number of rotatable bonds is 5. The number of ether oxygens (including phenoxy) is 3. The molecule has 0 aromatic heterocycles. The van der Waals surface area contributed by atoms with Crippen molar-refractivity contribution in [3.8, 4) is 17.2 Å². The molecule has 1 saturated heterocycles. The number of likely N-dealkylation sites (tertiary alicyclic amines) is 1. The molecule has 2 aliphatic rings. The van der Waals surface area contributed by atoms with E-state index in [1.807, 2.05) is 11.8 Å². The summed E-state index contributed by atoms with van der Waals surface area (Å²) in [5.74, 6) is 3.97. The molecule has 2 heterocycles. The highest BCUT2D eigenvalue weighted by molar-refractivity contribution is 7.99. The van der Waals surface area contributed by atoms with Gasteiger partial charge in [-0.05, 0) is 44.8 Å². The number of methoxy groups -OCH3 is 3. The van der Waals surface area contributed by atoms with Crippen LogP contribution in [0.25, 0.3) is 0 Å². The van der Waals surface area contributed by atoms with Crippen LogP contribution in [0, 0.1) is 0 Å². The molecule has 0 N–H and O–H groups in total. The molecule has 1 fully saturated rings. The fourth-order valence-electron chi connectivity index (χ4n) is 3.73. The second-order valence-corrected chi connectivity index (χ2v) is 7.14. The first-order valence-electron chi connectivity index (χ1n) is 7.85. The highest BCUT2D eigenvalue weighted by Gasteiger charge is 2.34. The van der Waals surface area contributed by atoms with Crippen LogP contribution in [0.15, 0.2) is 11.0 Å². The van der Waals surface area contributed by atoms with Crippen molar-refractivity contribution in [2.24, 2.45) is 0 Å². The Morgan fingerprint density at radius 3 is 2.55 bits per heavy atom. The van der Waals surface area contributed by atoms with Crippen LogP contribution in [0.5, 0.6) is 17.2 Å². The van der Waals surface area contributed by atoms with Crippen LogP contribution in [0.4, 0.5) is 0 Å². The van der Waals surface area contributed by atoms with Crippen molar-refractivity contribution in [1.29, 1.82) is 0 Å². The second-order valence-electron chi connectivity index (χ2n) is 6.08. The molecule has 1 aromatic rings. The van der Waals surface area contributed by atoms with Crippen molar-refractivity contribution >= 4 is 11.8 Å². The van der Waals surface area contributed by atoms with Gasteiger partial charge in [-0.25, -0.2) is 0 Å². The van der Waals surface area contributed by atoms with E-state index in [2.05, 4.69) is 18.0 Å². The van der Waals surface area contributed by atoms with Crippen molar-refractivity contribution < 1.29 is 14.2 Å². The van der Waals surface area contributed by atoms with E-state index in [1.54, 1.807) is 21.3 Å². The number of hydrogen-bond donors (Lipinski definition) is 0. The third kappa shape index (κ3) is 2.65. The van der Waals surface area contributed by atoms with Crippen LogP contribution in [0.1, 0.15) is 30.7 Å². The zero-order valence-electron chi connectivity index (χ0n) is 13.8. The van der Waals surface area contributed by atoms with Crippen LogP contribution < -0.4 is 14.2 Å². The minimum atomic E-state index is 0.528. The zero-order valence-corrected chi connectivity index (χ0v) is 14.7. The van der Waals surface area contributed by atoms with E-state index < -0.39 is 0 Å². The monoisotopic (exact) mass is 323 g/mol. The molecule has 3 rings (SSSR count). The van der Waals surface area contributed by atoms with Gasteiger partial charge in [0.1, 0.15) is 0 Å². The van der Waals surface area contributed by atoms with Gasteiger partial charge in [0.25, 0.3) is 0 Å². The Morgan fingerprint density at radius 2 is 1.95 bits per heavy atom. The quantitative estimate of drug-likeness (QED) is 0.829. The zero-order chi connectivity index (χ0) is 15.7. The molecule has 0 spiro atoms. The number of hydrogen-bond acceptors (Lipinski definition) is 5. The first kappa shape index (κ1) is 15.8. The molecule has 122 valence electrons. The van der Waals surface area contributed by atoms with Gasteiger partial charge in [-0.15, -0.1) is 11.8 Å². The Balaban J connectivity index is 1.94. The molecule has 1 unspecified atom stereocenters. The summed E-state index contributed by atoms with van der Waals surface area (Å²) in [7, 11) is 7.31. The molecule has 2 aliphatic heterocycles. The Hall–Kier alpha value is -1.07. The molecule has 0 saturated carbocycles. The predicted molar refractivity (Wildman–Crippen MR) is 89.8 cm³/mol. The number of nitrogens with zero attached hydrogens (tertiary/aromatic N) is 1. The summed E-state index contributed by atoms with van der Waals surface area (Å²) in [4.78, 5) is 3.77. The average Bonchev–Trinajstić information content (AvgIpc) is 3.12. The van der Waals surface area contributed by atoms with Gasteiger partial charge in [-0.2, -0.15) is 0 Å². The summed E-state index contributed by atoms with van der Waals surface area (Å²) >= 11 is 1.90. The van der Waals surface area contributed by atoms with Crippen molar-refractivity contribution in [3.05, 3.63) is 11.6 Å². The summed E-state index contributed by atoms with van der Waals surface area (Å²) in [6, 6.07) is 2.79. The van der Waals surface area contributed by atoms with Gasteiger partial charge < -0.3 is 19.1 Å². The highest BCUT2D eigenvalue weighted by Crippen LogP contribution is 2.54. The highest BCUT2D eigenvalue weighted by atomic mass is 32.2. The maximum atomic E-state index is 5.71. The molecule has 4 nitrogen and oxygen atoms in total. The second kappa shape index (κ2) is 6.59. The molecular formula is C17H25NO3S. The molecule has 1 aromatic carbocycles. The van der Waals surface area contributed by atoms with Crippen molar-refractivity contribution in [2.45, 2.75) is 36.1 Å².